The van der Waals surface area contributed by atoms with E-state index in [0.29, 0.717) is 11.3 Å². The molecule has 0 bridgehead atoms. The number of carbonyl (C=O) groups is 1. The molecule has 0 saturated heterocycles. The highest BCUT2D eigenvalue weighted by molar-refractivity contribution is 14.1. The molecule has 0 radical (unpaired) electrons. The van der Waals surface area contributed by atoms with Crippen molar-refractivity contribution in [3.63, 3.8) is 0 Å². The zero-order valence-corrected chi connectivity index (χ0v) is 11.9. The second-order valence-corrected chi connectivity index (χ2v) is 5.12. The van der Waals surface area contributed by atoms with Crippen molar-refractivity contribution in [3.05, 3.63) is 51.4 Å². The fourth-order valence-electron chi connectivity index (χ4n) is 1.54. The van der Waals surface area contributed by atoms with Crippen LogP contribution in [-0.2, 0) is 0 Å². The Morgan fingerprint density at radius 1 is 1.39 bits per heavy atom. The molecule has 0 fully saturated rings. The van der Waals surface area contributed by atoms with Gasteiger partial charge in [-0.1, -0.05) is 6.07 Å². The van der Waals surface area contributed by atoms with Crippen LogP contribution >= 0.6 is 22.6 Å². The van der Waals surface area contributed by atoms with Crippen molar-refractivity contribution in [2.75, 3.05) is 11.1 Å². The van der Waals surface area contributed by atoms with Gasteiger partial charge >= 0.3 is 0 Å². The highest BCUT2D eigenvalue weighted by Crippen LogP contribution is 2.16. The number of hydrogen-bond acceptors (Lipinski definition) is 3. The summed E-state index contributed by atoms with van der Waals surface area (Å²) < 4.78 is 1.06. The number of rotatable bonds is 2. The van der Waals surface area contributed by atoms with E-state index in [0.717, 1.165) is 15.0 Å². The zero-order valence-electron chi connectivity index (χ0n) is 9.77. The van der Waals surface area contributed by atoms with E-state index in [1.807, 2.05) is 31.2 Å². The highest BCUT2D eigenvalue weighted by Gasteiger charge is 2.10. The summed E-state index contributed by atoms with van der Waals surface area (Å²) in [5, 5.41) is 2.80. The van der Waals surface area contributed by atoms with Gasteiger partial charge in [0, 0.05) is 26.8 Å². The average molecular weight is 353 g/mol. The van der Waals surface area contributed by atoms with Crippen LogP contribution in [0, 0.1) is 10.5 Å². The van der Waals surface area contributed by atoms with Crippen molar-refractivity contribution in [2.45, 2.75) is 6.92 Å². The molecule has 0 spiro atoms. The minimum Gasteiger partial charge on any atom is -0.398 e. The lowest BCUT2D eigenvalue weighted by Crippen LogP contribution is -2.14. The third-order valence-electron chi connectivity index (χ3n) is 2.40. The number of pyridine rings is 1. The van der Waals surface area contributed by atoms with E-state index < -0.39 is 0 Å². The van der Waals surface area contributed by atoms with Crippen LogP contribution in [0.1, 0.15) is 16.1 Å². The minimum atomic E-state index is -0.248. The van der Waals surface area contributed by atoms with Crippen molar-refractivity contribution in [1.82, 2.24) is 4.98 Å². The predicted octanol–water partition coefficient (Wildman–Crippen LogP) is 2.83. The Balaban J connectivity index is 2.22. The van der Waals surface area contributed by atoms with Crippen molar-refractivity contribution < 1.29 is 4.79 Å². The molecule has 18 heavy (non-hydrogen) atoms. The first-order valence-corrected chi connectivity index (χ1v) is 6.43. The summed E-state index contributed by atoms with van der Waals surface area (Å²) in [6.07, 6.45) is 1.49. The number of benzene rings is 1. The molecule has 4 nitrogen and oxygen atoms in total. The van der Waals surface area contributed by atoms with Crippen LogP contribution in [0.5, 0.6) is 0 Å². The first kappa shape index (κ1) is 12.8. The fourth-order valence-corrected chi connectivity index (χ4v) is 2.08. The number of nitrogens with zero attached hydrogens (tertiary/aromatic N) is 1. The average Bonchev–Trinajstić information content (AvgIpc) is 2.28. The zero-order chi connectivity index (χ0) is 13.1. The number of anilines is 2. The number of nitrogens with one attached hydrogen (secondary N) is 1. The molecule has 1 aromatic carbocycles. The van der Waals surface area contributed by atoms with Gasteiger partial charge in [0.2, 0.25) is 0 Å². The summed E-state index contributed by atoms with van der Waals surface area (Å²) in [5.41, 5.74) is 8.16. The Morgan fingerprint density at radius 3 is 2.83 bits per heavy atom. The minimum absolute atomic E-state index is 0.248. The van der Waals surface area contributed by atoms with Crippen LogP contribution in [0.3, 0.4) is 0 Å². The van der Waals surface area contributed by atoms with Crippen LogP contribution in [0.15, 0.2) is 36.5 Å². The van der Waals surface area contributed by atoms with E-state index in [2.05, 4.69) is 32.9 Å². The van der Waals surface area contributed by atoms with E-state index in [1.165, 1.54) is 6.20 Å². The van der Waals surface area contributed by atoms with Crippen molar-refractivity contribution >= 4 is 39.9 Å². The van der Waals surface area contributed by atoms with Crippen LogP contribution < -0.4 is 11.1 Å². The third-order valence-corrected chi connectivity index (χ3v) is 3.07. The van der Waals surface area contributed by atoms with Crippen LogP contribution in [0.2, 0.25) is 0 Å². The predicted molar refractivity (Wildman–Crippen MR) is 80.5 cm³/mol. The van der Waals surface area contributed by atoms with Crippen molar-refractivity contribution in [1.29, 1.82) is 0 Å². The number of carbonyl (C=O) groups excluding carboxylic acids is 1. The van der Waals surface area contributed by atoms with Crippen LogP contribution in [-0.4, -0.2) is 10.9 Å². The summed E-state index contributed by atoms with van der Waals surface area (Å²) >= 11 is 2.19. The maximum Gasteiger partial charge on any atom is 0.259 e. The van der Waals surface area contributed by atoms with E-state index in [1.54, 1.807) is 6.07 Å². The normalized spacial score (nSPS) is 10.1. The third kappa shape index (κ3) is 2.98. The van der Waals surface area contributed by atoms with Gasteiger partial charge in [-0.3, -0.25) is 9.78 Å². The lowest BCUT2D eigenvalue weighted by atomic mass is 10.2. The molecule has 1 amide bonds. The first-order valence-electron chi connectivity index (χ1n) is 5.35. The molecule has 92 valence electrons. The second-order valence-electron chi connectivity index (χ2n) is 3.88. The number of nitrogen functional groups attached to an aromatic ring is 1. The molecule has 0 atom stereocenters. The maximum absolute atomic E-state index is 12.0. The number of hydrogen-bond donors (Lipinski definition) is 2. The fraction of sp³-hybridized carbons (Fsp3) is 0.0769. The Labute approximate surface area is 119 Å². The highest BCUT2D eigenvalue weighted by atomic mass is 127. The number of amides is 1. The van der Waals surface area contributed by atoms with E-state index >= 15 is 0 Å². The number of aryl methyl sites for hydroxylation is 1. The molecule has 1 heterocycles. The Morgan fingerprint density at radius 2 is 2.17 bits per heavy atom. The van der Waals surface area contributed by atoms with Gasteiger partial charge < -0.3 is 11.1 Å². The lowest BCUT2D eigenvalue weighted by molar-refractivity contribution is 0.102. The number of aromatic nitrogens is 1. The number of nitrogens with two attached hydrogens (primary N) is 1. The van der Waals surface area contributed by atoms with Crippen molar-refractivity contribution in [3.8, 4) is 0 Å². The Bertz CT molecular complexity index is 599. The van der Waals surface area contributed by atoms with Gasteiger partial charge in [0.1, 0.15) is 0 Å². The smallest absolute Gasteiger partial charge is 0.259 e. The van der Waals surface area contributed by atoms with Gasteiger partial charge in [-0.2, -0.15) is 0 Å². The Kier molecular flexibility index (Phi) is 3.81. The molecule has 0 saturated carbocycles. The topological polar surface area (TPSA) is 68.0 Å². The molecule has 0 aliphatic heterocycles. The van der Waals surface area contributed by atoms with E-state index in [9.17, 15) is 4.79 Å². The molecule has 0 aliphatic carbocycles. The summed E-state index contributed by atoms with van der Waals surface area (Å²) in [7, 11) is 0. The monoisotopic (exact) mass is 353 g/mol. The lowest BCUT2D eigenvalue weighted by Gasteiger charge is -2.08. The van der Waals surface area contributed by atoms with Gasteiger partial charge in [0.15, 0.2) is 0 Å². The summed E-state index contributed by atoms with van der Waals surface area (Å²) in [6.45, 7) is 1.83. The molecule has 2 rings (SSSR count). The molecular weight excluding hydrogens is 341 g/mol. The second kappa shape index (κ2) is 5.34. The maximum atomic E-state index is 12.0. The van der Waals surface area contributed by atoms with Crippen LogP contribution in [0.25, 0.3) is 0 Å². The molecule has 1 aromatic heterocycles. The van der Waals surface area contributed by atoms with Gasteiger partial charge in [-0.25, -0.2) is 0 Å². The molecular formula is C13H12IN3O. The number of halogens is 1. The molecule has 3 N–H and O–H groups in total. The van der Waals surface area contributed by atoms with E-state index in [-0.39, 0.29) is 5.91 Å². The summed E-state index contributed by atoms with van der Waals surface area (Å²) in [5.74, 6) is -0.248. The first-order chi connectivity index (χ1) is 8.56. The Hall–Kier alpha value is -1.63. The standard InChI is InChI=1S/C13H12IN3O/c1-8-5-12(15)11(7-16-8)13(18)17-10-4-2-3-9(14)6-10/h2-7H,1H3,(H2,15,16)(H,17,18). The summed E-state index contributed by atoms with van der Waals surface area (Å²) in [6, 6.07) is 9.24. The quantitative estimate of drug-likeness (QED) is 0.816. The molecule has 0 aliphatic rings. The largest absolute Gasteiger partial charge is 0.398 e. The molecule has 2 aromatic rings. The van der Waals surface area contributed by atoms with Crippen molar-refractivity contribution in [2.24, 2.45) is 0 Å². The molecule has 0 unspecified atom stereocenters. The van der Waals surface area contributed by atoms with Gasteiger partial charge in [0.05, 0.1) is 5.56 Å². The molecule has 5 heteroatoms. The summed E-state index contributed by atoms with van der Waals surface area (Å²) in [4.78, 5) is 16.1. The van der Waals surface area contributed by atoms with Crippen LogP contribution in [0.4, 0.5) is 11.4 Å². The van der Waals surface area contributed by atoms with Gasteiger partial charge in [-0.05, 0) is 53.8 Å². The SMILES string of the molecule is Cc1cc(N)c(C(=O)Nc2cccc(I)c2)cn1. The van der Waals surface area contributed by atoms with Gasteiger partial charge in [0.25, 0.3) is 5.91 Å². The van der Waals surface area contributed by atoms with E-state index in [4.69, 9.17) is 5.73 Å². The van der Waals surface area contributed by atoms with Gasteiger partial charge in [-0.15, -0.1) is 0 Å².